The summed E-state index contributed by atoms with van der Waals surface area (Å²) in [5.41, 5.74) is 2.79. The van der Waals surface area contributed by atoms with Crippen LogP contribution in [0.5, 0.6) is 0 Å². The van der Waals surface area contributed by atoms with Gasteiger partial charge in [0.15, 0.2) is 6.10 Å². The number of H-pyrrole nitrogens is 1. The Balaban J connectivity index is 3.16. The van der Waals surface area contributed by atoms with Gasteiger partial charge in [-0.1, -0.05) is 0 Å². The number of aliphatic hydroxyl groups excluding tert-OH is 2. The van der Waals surface area contributed by atoms with Crippen molar-refractivity contribution in [3.8, 4) is 0 Å². The number of nitrogens with zero attached hydrogens (tertiary/aromatic N) is 1. The Morgan fingerprint density at radius 1 is 1.53 bits per heavy atom. The standard InChI is InChI=1S/C8H9N3O6/c9-7(14)6(13)5(12)3-1-4(11(16)17)8(15)10-2-3/h1-2,5-6,12-13H,(H2,9,14)(H,10,15). The van der Waals surface area contributed by atoms with Gasteiger partial charge in [0.25, 0.3) is 0 Å². The van der Waals surface area contributed by atoms with E-state index in [1.54, 1.807) is 0 Å². The van der Waals surface area contributed by atoms with E-state index in [-0.39, 0.29) is 5.56 Å². The minimum atomic E-state index is -1.92. The second kappa shape index (κ2) is 4.72. The summed E-state index contributed by atoms with van der Waals surface area (Å²) in [6, 6.07) is 0.760. The van der Waals surface area contributed by atoms with Crippen LogP contribution in [0, 0.1) is 10.1 Å². The van der Waals surface area contributed by atoms with Crippen LogP contribution in [-0.4, -0.2) is 32.1 Å². The molecule has 1 aromatic heterocycles. The highest BCUT2D eigenvalue weighted by atomic mass is 16.6. The fraction of sp³-hybridized carbons (Fsp3) is 0.250. The number of aromatic amines is 1. The molecule has 0 aliphatic carbocycles. The molecule has 0 aliphatic heterocycles. The van der Waals surface area contributed by atoms with Gasteiger partial charge in [0.05, 0.1) is 4.92 Å². The van der Waals surface area contributed by atoms with Crippen molar-refractivity contribution in [2.75, 3.05) is 0 Å². The molecule has 0 fully saturated rings. The highest BCUT2D eigenvalue weighted by molar-refractivity contribution is 5.79. The van der Waals surface area contributed by atoms with Gasteiger partial charge in [-0.2, -0.15) is 0 Å². The maximum absolute atomic E-state index is 11.0. The van der Waals surface area contributed by atoms with Crippen LogP contribution in [0.3, 0.4) is 0 Å². The van der Waals surface area contributed by atoms with Gasteiger partial charge < -0.3 is 20.9 Å². The van der Waals surface area contributed by atoms with Crippen LogP contribution in [0.2, 0.25) is 0 Å². The zero-order valence-corrected chi connectivity index (χ0v) is 8.36. The molecule has 0 saturated heterocycles. The van der Waals surface area contributed by atoms with Crippen molar-refractivity contribution in [3.05, 3.63) is 38.3 Å². The summed E-state index contributed by atoms with van der Waals surface area (Å²) in [5.74, 6) is -1.19. The first-order valence-electron chi connectivity index (χ1n) is 4.37. The summed E-state index contributed by atoms with van der Waals surface area (Å²) >= 11 is 0. The SMILES string of the molecule is NC(=O)C(O)C(O)c1c[nH]c(=O)c([N+](=O)[O-])c1. The van der Waals surface area contributed by atoms with Crippen molar-refractivity contribution in [1.82, 2.24) is 4.98 Å². The predicted octanol–water partition coefficient (Wildman–Crippen LogP) is -1.84. The molecule has 92 valence electrons. The van der Waals surface area contributed by atoms with Gasteiger partial charge in [-0.05, 0) is 0 Å². The summed E-state index contributed by atoms with van der Waals surface area (Å²) in [5, 5.41) is 29.1. The molecular weight excluding hydrogens is 234 g/mol. The number of hydrogen-bond donors (Lipinski definition) is 4. The Kier molecular flexibility index (Phi) is 3.55. The second-order valence-electron chi connectivity index (χ2n) is 3.20. The molecule has 0 aromatic carbocycles. The van der Waals surface area contributed by atoms with E-state index >= 15 is 0 Å². The monoisotopic (exact) mass is 243 g/mol. The van der Waals surface area contributed by atoms with Gasteiger partial charge in [-0.25, -0.2) is 0 Å². The minimum absolute atomic E-state index is 0.192. The molecule has 0 spiro atoms. The molecular formula is C8H9N3O6. The van der Waals surface area contributed by atoms with Crippen LogP contribution in [0.25, 0.3) is 0 Å². The highest BCUT2D eigenvalue weighted by Gasteiger charge is 2.26. The van der Waals surface area contributed by atoms with Gasteiger partial charge in [0.1, 0.15) is 6.10 Å². The molecule has 2 atom stereocenters. The number of rotatable bonds is 4. The quantitative estimate of drug-likeness (QED) is 0.359. The van der Waals surface area contributed by atoms with Crippen molar-refractivity contribution in [1.29, 1.82) is 0 Å². The molecule has 0 saturated carbocycles. The molecule has 1 amide bonds. The van der Waals surface area contributed by atoms with Crippen LogP contribution in [0.4, 0.5) is 5.69 Å². The molecule has 0 radical (unpaired) electrons. The lowest BCUT2D eigenvalue weighted by molar-refractivity contribution is -0.386. The molecule has 1 aromatic rings. The zero-order chi connectivity index (χ0) is 13.2. The number of nitro groups is 1. The smallest absolute Gasteiger partial charge is 0.334 e. The minimum Gasteiger partial charge on any atom is -0.385 e. The van der Waals surface area contributed by atoms with Crippen molar-refractivity contribution in [3.63, 3.8) is 0 Å². The summed E-state index contributed by atoms with van der Waals surface area (Å²) in [4.78, 5) is 33.1. The number of carbonyl (C=O) groups excluding carboxylic acids is 1. The third kappa shape index (κ3) is 2.65. The topological polar surface area (TPSA) is 160 Å². The Morgan fingerprint density at radius 2 is 2.12 bits per heavy atom. The number of pyridine rings is 1. The molecule has 2 unspecified atom stereocenters. The molecule has 0 bridgehead atoms. The second-order valence-corrected chi connectivity index (χ2v) is 3.20. The van der Waals surface area contributed by atoms with E-state index in [1.807, 2.05) is 4.98 Å². The highest BCUT2D eigenvalue weighted by Crippen LogP contribution is 2.18. The molecule has 5 N–H and O–H groups in total. The number of carbonyl (C=O) groups is 1. The summed E-state index contributed by atoms with van der Waals surface area (Å²) in [7, 11) is 0. The van der Waals surface area contributed by atoms with Gasteiger partial charge >= 0.3 is 11.2 Å². The Morgan fingerprint density at radius 3 is 2.59 bits per heavy atom. The summed E-state index contributed by atoms with van der Waals surface area (Å²) in [6.45, 7) is 0. The summed E-state index contributed by atoms with van der Waals surface area (Å²) in [6.07, 6.45) is -2.71. The number of aliphatic hydroxyl groups is 2. The van der Waals surface area contributed by atoms with Gasteiger partial charge in [-0.3, -0.25) is 19.7 Å². The fourth-order valence-electron chi connectivity index (χ4n) is 1.13. The molecule has 1 heterocycles. The first-order valence-corrected chi connectivity index (χ1v) is 4.37. The molecule has 0 aliphatic rings. The maximum atomic E-state index is 11.0. The molecule has 9 heteroatoms. The largest absolute Gasteiger partial charge is 0.385 e. The third-order valence-corrected chi connectivity index (χ3v) is 2.03. The number of nitrogens with two attached hydrogens (primary N) is 1. The number of amides is 1. The predicted molar refractivity (Wildman–Crippen MR) is 53.9 cm³/mol. The average Bonchev–Trinajstić information content (AvgIpc) is 2.27. The average molecular weight is 243 g/mol. The van der Waals surface area contributed by atoms with Crippen LogP contribution >= 0.6 is 0 Å². The molecule has 17 heavy (non-hydrogen) atoms. The van der Waals surface area contributed by atoms with Crippen LogP contribution < -0.4 is 11.3 Å². The van der Waals surface area contributed by atoms with E-state index in [0.29, 0.717) is 0 Å². The van der Waals surface area contributed by atoms with Crippen LogP contribution in [0.1, 0.15) is 11.7 Å². The first kappa shape index (κ1) is 12.8. The van der Waals surface area contributed by atoms with Crippen LogP contribution in [-0.2, 0) is 4.79 Å². The molecule has 1 rings (SSSR count). The Bertz CT molecular complexity index is 510. The van der Waals surface area contributed by atoms with E-state index in [2.05, 4.69) is 0 Å². The van der Waals surface area contributed by atoms with Gasteiger partial charge in [-0.15, -0.1) is 0 Å². The van der Waals surface area contributed by atoms with E-state index in [4.69, 9.17) is 10.8 Å². The lowest BCUT2D eigenvalue weighted by Crippen LogP contribution is -2.34. The lowest BCUT2D eigenvalue weighted by atomic mass is 10.1. The number of primary amides is 1. The van der Waals surface area contributed by atoms with Crippen molar-refractivity contribution >= 4 is 11.6 Å². The lowest BCUT2D eigenvalue weighted by Gasteiger charge is -2.14. The van der Waals surface area contributed by atoms with E-state index in [0.717, 1.165) is 12.3 Å². The molecule has 9 nitrogen and oxygen atoms in total. The zero-order valence-electron chi connectivity index (χ0n) is 8.36. The number of aromatic nitrogens is 1. The van der Waals surface area contributed by atoms with Gasteiger partial charge in [0.2, 0.25) is 5.91 Å². The number of nitrogens with one attached hydrogen (secondary N) is 1. The Hall–Kier alpha value is -2.26. The normalized spacial score (nSPS) is 14.0. The van der Waals surface area contributed by atoms with Gasteiger partial charge in [0, 0.05) is 17.8 Å². The van der Waals surface area contributed by atoms with Crippen molar-refractivity contribution in [2.24, 2.45) is 5.73 Å². The first-order chi connectivity index (χ1) is 7.84. The van der Waals surface area contributed by atoms with E-state index in [9.17, 15) is 24.8 Å². The number of hydrogen-bond acceptors (Lipinski definition) is 6. The Labute approximate surface area is 93.7 Å². The third-order valence-electron chi connectivity index (χ3n) is 2.03. The fourth-order valence-corrected chi connectivity index (χ4v) is 1.13. The van der Waals surface area contributed by atoms with E-state index in [1.165, 1.54) is 0 Å². The maximum Gasteiger partial charge on any atom is 0.334 e. The van der Waals surface area contributed by atoms with Crippen molar-refractivity contribution in [2.45, 2.75) is 12.2 Å². The van der Waals surface area contributed by atoms with Crippen molar-refractivity contribution < 1.29 is 19.9 Å². The van der Waals surface area contributed by atoms with E-state index < -0.39 is 34.3 Å². The van der Waals surface area contributed by atoms with Crippen LogP contribution in [0.15, 0.2) is 17.1 Å². The summed E-state index contributed by atoms with van der Waals surface area (Å²) < 4.78 is 0.